The van der Waals surface area contributed by atoms with Crippen LogP contribution in [0.1, 0.15) is 34.6 Å². The van der Waals surface area contributed by atoms with Crippen molar-refractivity contribution in [1.82, 2.24) is 14.2 Å². The first-order valence-corrected chi connectivity index (χ1v) is 14.8. The predicted molar refractivity (Wildman–Crippen MR) is 95.5 cm³/mol. The van der Waals surface area contributed by atoms with Crippen molar-refractivity contribution in [2.75, 3.05) is 32.2 Å². The van der Waals surface area contributed by atoms with Gasteiger partial charge in [0.1, 0.15) is 0 Å². The molecule has 0 radical (unpaired) electrons. The van der Waals surface area contributed by atoms with Gasteiger partial charge in [-0.25, -0.2) is 0 Å². The molecule has 0 aliphatic carbocycles. The molecule has 18 heavy (non-hydrogen) atoms. The Hall–Kier alpha value is 1.17. The third kappa shape index (κ3) is 2.11. The van der Waals surface area contributed by atoms with E-state index in [0.717, 1.165) is 11.3 Å². The number of rotatable bonds is 3. The number of nitrogens with zero attached hydrogens (tertiary/aromatic N) is 1. The molecule has 2 aliphatic heterocycles. The van der Waals surface area contributed by atoms with Gasteiger partial charge in [-0.3, -0.25) is 0 Å². The molecule has 1 atom stereocenters. The van der Waals surface area contributed by atoms with Gasteiger partial charge in [-0.05, 0) is 0 Å². The van der Waals surface area contributed by atoms with E-state index in [1.807, 2.05) is 0 Å². The van der Waals surface area contributed by atoms with Gasteiger partial charge >= 0.3 is 115 Å². The fourth-order valence-corrected chi connectivity index (χ4v) is 28.9. The summed E-state index contributed by atoms with van der Waals surface area (Å²) in [5, 5.41) is 0. The molecule has 2 rings (SSSR count). The summed E-state index contributed by atoms with van der Waals surface area (Å²) in [5.74, 6) is 0. The van der Waals surface area contributed by atoms with Crippen molar-refractivity contribution >= 4 is 22.7 Å². The fourth-order valence-electron chi connectivity index (χ4n) is 4.00. The topological polar surface area (TPSA) is 27.3 Å². The summed E-state index contributed by atoms with van der Waals surface area (Å²) in [7, 11) is -1.71. The normalized spacial score (nSPS) is 38.3. The average molecular weight is 313 g/mol. The van der Waals surface area contributed by atoms with E-state index in [2.05, 4.69) is 62.5 Å². The van der Waals surface area contributed by atoms with E-state index in [9.17, 15) is 0 Å². The Morgan fingerprint density at radius 1 is 1.22 bits per heavy atom. The zero-order chi connectivity index (χ0) is 13.8. The molecule has 0 aromatic rings. The van der Waals surface area contributed by atoms with Gasteiger partial charge in [0, 0.05) is 0 Å². The molecule has 3 nitrogen and oxygen atoms in total. The van der Waals surface area contributed by atoms with Crippen LogP contribution in [0.5, 0.6) is 0 Å². The maximum absolute atomic E-state index is 4.24. The van der Waals surface area contributed by atoms with Crippen LogP contribution in [0.2, 0.25) is 0 Å². The molecular weight excluding hydrogens is 279 g/mol. The van der Waals surface area contributed by atoms with Crippen molar-refractivity contribution in [2.45, 2.75) is 45.9 Å². The van der Waals surface area contributed by atoms with Crippen molar-refractivity contribution in [3.05, 3.63) is 0 Å². The Morgan fingerprint density at radius 2 is 1.78 bits per heavy atom. The first-order valence-electron chi connectivity index (χ1n) is 7.59. The van der Waals surface area contributed by atoms with Crippen molar-refractivity contribution < 1.29 is 0 Å². The van der Waals surface area contributed by atoms with Gasteiger partial charge in [0.05, 0.1) is 0 Å². The molecule has 0 bridgehead atoms. The predicted octanol–water partition coefficient (Wildman–Crippen LogP) is 3.33. The summed E-state index contributed by atoms with van der Waals surface area (Å²) in [5.41, 5.74) is 1.77. The van der Waals surface area contributed by atoms with Gasteiger partial charge < -0.3 is 0 Å². The van der Waals surface area contributed by atoms with E-state index in [1.54, 1.807) is 0 Å². The van der Waals surface area contributed by atoms with Crippen LogP contribution in [0.25, 0.3) is 0 Å². The first kappa shape index (κ1) is 15.6. The van der Waals surface area contributed by atoms with Gasteiger partial charge in [-0.1, -0.05) is 0 Å². The molecule has 2 fully saturated rings. The molecule has 2 saturated heterocycles. The zero-order valence-corrected chi connectivity index (χ0v) is 16.2. The second-order valence-electron chi connectivity index (χ2n) is 6.96. The second-order valence-corrected chi connectivity index (χ2v) is 21.1. The summed E-state index contributed by atoms with van der Waals surface area (Å²) < 4.78 is 2.90. The third-order valence-electron chi connectivity index (χ3n) is 5.66. The Labute approximate surface area is 115 Å². The van der Waals surface area contributed by atoms with Crippen LogP contribution in [0.3, 0.4) is 0 Å². The van der Waals surface area contributed by atoms with Crippen LogP contribution < -0.4 is 9.72 Å². The van der Waals surface area contributed by atoms with Crippen molar-refractivity contribution in [2.24, 2.45) is 0 Å². The van der Waals surface area contributed by atoms with E-state index < -0.39 is 22.7 Å². The molecule has 1 spiro atoms. The van der Waals surface area contributed by atoms with Gasteiger partial charge in [0.15, 0.2) is 0 Å². The van der Waals surface area contributed by atoms with Gasteiger partial charge in [0.25, 0.3) is 0 Å². The molecule has 2 N–H and O–H groups in total. The van der Waals surface area contributed by atoms with E-state index in [-0.39, 0.29) is 0 Å². The van der Waals surface area contributed by atoms with Crippen LogP contribution in [-0.2, 0) is 0 Å². The standard InChI is InChI=1S/C12H34N3P3/c1-8-16(7)13-17(9-2,11(3)4)15(6)18(14-16)10-12(18)5/h11-14,16-18H,8-10H2,1-7H3. The van der Waals surface area contributed by atoms with E-state index in [0.29, 0.717) is 0 Å². The van der Waals surface area contributed by atoms with Crippen LogP contribution in [0, 0.1) is 0 Å². The van der Waals surface area contributed by atoms with Crippen LogP contribution in [0.4, 0.5) is 0 Å². The summed E-state index contributed by atoms with van der Waals surface area (Å²) >= 11 is 0. The Kier molecular flexibility index (Phi) is 4.21. The monoisotopic (exact) mass is 313 g/mol. The molecule has 2 heterocycles. The maximum atomic E-state index is 4.24. The molecule has 2 aliphatic rings. The summed E-state index contributed by atoms with van der Waals surface area (Å²) in [4.78, 5) is 8.44. The Morgan fingerprint density at radius 3 is 2.11 bits per heavy atom. The van der Waals surface area contributed by atoms with Gasteiger partial charge in [-0.15, -0.1) is 0 Å². The fraction of sp³-hybridized carbons (Fsp3) is 1.00. The summed E-state index contributed by atoms with van der Waals surface area (Å²) in [6.07, 6.45) is 4.16. The van der Waals surface area contributed by atoms with Crippen molar-refractivity contribution in [3.8, 4) is 0 Å². The SMILES string of the molecule is CC[PH]1(C)N[PH](CC)(C(C)C)N(C)[PH]2(CC2C)N1. The number of hydrogen-bond acceptors (Lipinski definition) is 3. The van der Waals surface area contributed by atoms with Crippen LogP contribution in [0.15, 0.2) is 0 Å². The Balaban J connectivity index is 2.40. The molecule has 0 saturated carbocycles. The second kappa shape index (κ2) is 4.87. The number of nitrogens with one attached hydrogen (secondary N) is 2. The molecular formula is C12H34N3P3. The van der Waals surface area contributed by atoms with E-state index in [4.69, 9.17) is 0 Å². The molecule has 0 aromatic heterocycles. The van der Waals surface area contributed by atoms with Gasteiger partial charge in [0.2, 0.25) is 0 Å². The van der Waals surface area contributed by atoms with Crippen molar-refractivity contribution in [3.63, 3.8) is 0 Å². The molecule has 0 amide bonds. The quantitative estimate of drug-likeness (QED) is 0.783. The summed E-state index contributed by atoms with van der Waals surface area (Å²) in [6, 6.07) is 0. The van der Waals surface area contributed by atoms with Crippen LogP contribution >= 0.6 is 22.7 Å². The van der Waals surface area contributed by atoms with E-state index in [1.165, 1.54) is 18.5 Å². The van der Waals surface area contributed by atoms with Gasteiger partial charge in [-0.2, -0.15) is 0 Å². The minimum absolute atomic E-state index is 0.810. The first-order chi connectivity index (χ1) is 8.26. The van der Waals surface area contributed by atoms with E-state index >= 15 is 0 Å². The molecule has 1 unspecified atom stereocenters. The molecule has 6 heteroatoms. The van der Waals surface area contributed by atoms with Crippen LogP contribution in [-0.4, -0.2) is 48.0 Å². The molecule has 0 aromatic carbocycles. The summed E-state index contributed by atoms with van der Waals surface area (Å²) in [6.45, 7) is 14.7. The average Bonchev–Trinajstić information content (AvgIpc) is 2.95. The minimum atomic E-state index is -1.46. The number of hydrogen-bond donors (Lipinski definition) is 2. The third-order valence-corrected chi connectivity index (χ3v) is 25.3. The zero-order valence-electron chi connectivity index (χ0n) is 13.2. The van der Waals surface area contributed by atoms with Crippen molar-refractivity contribution in [1.29, 1.82) is 0 Å². The Bertz CT molecular complexity index is 341. The molecule has 112 valence electrons.